The Morgan fingerprint density at radius 3 is 1.84 bits per heavy atom. The summed E-state index contributed by atoms with van der Waals surface area (Å²) in [6.45, 7) is 1.79. The van der Waals surface area contributed by atoms with Gasteiger partial charge in [0.25, 0.3) is 0 Å². The third kappa shape index (κ3) is 5.26. The zero-order valence-electron chi connectivity index (χ0n) is 11.2. The lowest BCUT2D eigenvalue weighted by Crippen LogP contribution is -2.41. The number of nitrogens with zero attached hydrogens (tertiary/aromatic N) is 1. The van der Waals surface area contributed by atoms with Gasteiger partial charge in [0.1, 0.15) is 0 Å². The van der Waals surface area contributed by atoms with E-state index in [1.807, 2.05) is 42.2 Å². The van der Waals surface area contributed by atoms with Gasteiger partial charge in [0.15, 0.2) is 0 Å². The number of benzene rings is 1. The van der Waals surface area contributed by atoms with E-state index < -0.39 is 12.2 Å². The summed E-state index contributed by atoms with van der Waals surface area (Å²) in [6, 6.07) is 9.68. The molecule has 3 atom stereocenters. The van der Waals surface area contributed by atoms with Crippen LogP contribution in [-0.4, -0.2) is 63.8 Å². The van der Waals surface area contributed by atoms with Crippen molar-refractivity contribution in [1.82, 2.24) is 4.90 Å². The Bertz CT molecular complexity index is 335. The zero-order chi connectivity index (χ0) is 14.3. The minimum absolute atomic E-state index is 0.0244. The highest BCUT2D eigenvalue weighted by Crippen LogP contribution is 2.20. The summed E-state index contributed by atoms with van der Waals surface area (Å²) in [5, 5.41) is 37.0. The SMILES string of the molecule is C[C@H](c1ccccc1)N(C[C@H](O)CO)C[C@@H](O)CO. The molecule has 4 N–H and O–H groups in total. The number of rotatable bonds is 8. The van der Waals surface area contributed by atoms with Gasteiger partial charge in [0.05, 0.1) is 25.4 Å². The highest BCUT2D eigenvalue weighted by Gasteiger charge is 2.21. The summed E-state index contributed by atoms with van der Waals surface area (Å²) in [7, 11) is 0. The molecule has 0 aliphatic heterocycles. The maximum atomic E-state index is 9.57. The number of aliphatic hydroxyl groups is 4. The summed E-state index contributed by atoms with van der Waals surface area (Å²) in [4.78, 5) is 1.84. The van der Waals surface area contributed by atoms with Crippen molar-refractivity contribution in [1.29, 1.82) is 0 Å². The molecule has 0 spiro atoms. The first kappa shape index (κ1) is 16.1. The lowest BCUT2D eigenvalue weighted by molar-refractivity contribution is 0.00921. The van der Waals surface area contributed by atoms with Crippen LogP contribution in [0.5, 0.6) is 0 Å². The van der Waals surface area contributed by atoms with Crippen LogP contribution in [0, 0.1) is 0 Å². The predicted octanol–water partition coefficient (Wildman–Crippen LogP) is -0.244. The van der Waals surface area contributed by atoms with Crippen molar-refractivity contribution in [3.63, 3.8) is 0 Å². The molecular formula is C14H23NO4. The molecule has 5 nitrogen and oxygen atoms in total. The first-order valence-corrected chi connectivity index (χ1v) is 6.45. The van der Waals surface area contributed by atoms with E-state index in [0.717, 1.165) is 5.56 Å². The molecule has 0 amide bonds. The first-order chi connectivity index (χ1) is 9.08. The van der Waals surface area contributed by atoms with Crippen LogP contribution in [0.1, 0.15) is 18.5 Å². The molecule has 108 valence electrons. The van der Waals surface area contributed by atoms with Crippen LogP contribution in [0.2, 0.25) is 0 Å². The molecule has 19 heavy (non-hydrogen) atoms. The second kappa shape index (κ2) is 8.24. The van der Waals surface area contributed by atoms with Gasteiger partial charge in [0.2, 0.25) is 0 Å². The highest BCUT2D eigenvalue weighted by molar-refractivity contribution is 5.18. The van der Waals surface area contributed by atoms with Crippen molar-refractivity contribution in [2.45, 2.75) is 25.2 Å². The highest BCUT2D eigenvalue weighted by atomic mass is 16.3. The first-order valence-electron chi connectivity index (χ1n) is 6.45. The molecule has 0 saturated carbocycles. The van der Waals surface area contributed by atoms with E-state index >= 15 is 0 Å². The fourth-order valence-electron chi connectivity index (χ4n) is 1.99. The Morgan fingerprint density at radius 1 is 0.947 bits per heavy atom. The van der Waals surface area contributed by atoms with Gasteiger partial charge < -0.3 is 20.4 Å². The van der Waals surface area contributed by atoms with Crippen LogP contribution in [0.25, 0.3) is 0 Å². The van der Waals surface area contributed by atoms with Gasteiger partial charge in [-0.3, -0.25) is 4.90 Å². The minimum atomic E-state index is -0.864. The molecule has 0 aliphatic rings. The molecule has 1 aromatic carbocycles. The van der Waals surface area contributed by atoms with Gasteiger partial charge in [-0.1, -0.05) is 30.3 Å². The van der Waals surface area contributed by atoms with Crippen LogP contribution in [0.3, 0.4) is 0 Å². The molecule has 1 rings (SSSR count). The Labute approximate surface area is 113 Å². The number of aliphatic hydroxyl groups excluding tert-OH is 4. The van der Waals surface area contributed by atoms with E-state index in [-0.39, 0.29) is 32.3 Å². The summed E-state index contributed by atoms with van der Waals surface area (Å²) >= 11 is 0. The summed E-state index contributed by atoms with van der Waals surface area (Å²) in [5.74, 6) is 0. The number of hydrogen-bond acceptors (Lipinski definition) is 5. The van der Waals surface area contributed by atoms with E-state index in [1.165, 1.54) is 0 Å². The summed E-state index contributed by atoms with van der Waals surface area (Å²) in [6.07, 6.45) is -1.73. The van der Waals surface area contributed by atoms with Crippen molar-refractivity contribution in [2.75, 3.05) is 26.3 Å². The van der Waals surface area contributed by atoms with E-state index in [0.29, 0.717) is 0 Å². The fourth-order valence-corrected chi connectivity index (χ4v) is 1.99. The van der Waals surface area contributed by atoms with Crippen molar-refractivity contribution in [2.24, 2.45) is 0 Å². The summed E-state index contributed by atoms with van der Waals surface area (Å²) < 4.78 is 0. The Morgan fingerprint density at radius 2 is 1.42 bits per heavy atom. The average molecular weight is 269 g/mol. The zero-order valence-corrected chi connectivity index (χ0v) is 11.2. The Hall–Kier alpha value is -0.980. The van der Waals surface area contributed by atoms with Gasteiger partial charge in [0, 0.05) is 19.1 Å². The molecular weight excluding hydrogens is 246 g/mol. The van der Waals surface area contributed by atoms with Crippen LogP contribution < -0.4 is 0 Å². The van der Waals surface area contributed by atoms with Crippen LogP contribution in [0.15, 0.2) is 30.3 Å². The van der Waals surface area contributed by atoms with E-state index in [9.17, 15) is 10.2 Å². The topological polar surface area (TPSA) is 84.2 Å². The molecule has 0 saturated heterocycles. The van der Waals surface area contributed by atoms with Crippen LogP contribution in [0.4, 0.5) is 0 Å². The molecule has 0 heterocycles. The molecule has 1 aromatic rings. The van der Waals surface area contributed by atoms with Crippen molar-refractivity contribution in [3.8, 4) is 0 Å². The number of hydrogen-bond donors (Lipinski definition) is 4. The molecule has 0 radical (unpaired) electrons. The van der Waals surface area contributed by atoms with E-state index in [1.54, 1.807) is 0 Å². The van der Waals surface area contributed by atoms with Crippen molar-refractivity contribution >= 4 is 0 Å². The van der Waals surface area contributed by atoms with Crippen molar-refractivity contribution in [3.05, 3.63) is 35.9 Å². The molecule has 0 bridgehead atoms. The molecule has 0 aromatic heterocycles. The molecule has 0 fully saturated rings. The third-order valence-corrected chi connectivity index (χ3v) is 3.14. The van der Waals surface area contributed by atoms with Gasteiger partial charge in [-0.15, -0.1) is 0 Å². The van der Waals surface area contributed by atoms with Gasteiger partial charge in [-0.2, -0.15) is 0 Å². The van der Waals surface area contributed by atoms with Crippen molar-refractivity contribution < 1.29 is 20.4 Å². The smallest absolute Gasteiger partial charge is 0.0897 e. The average Bonchev–Trinajstić information content (AvgIpc) is 2.46. The summed E-state index contributed by atoms with van der Waals surface area (Å²) in [5.41, 5.74) is 1.05. The van der Waals surface area contributed by atoms with Gasteiger partial charge in [-0.05, 0) is 12.5 Å². The van der Waals surface area contributed by atoms with Gasteiger partial charge >= 0.3 is 0 Å². The quantitative estimate of drug-likeness (QED) is 0.523. The lowest BCUT2D eigenvalue weighted by atomic mass is 10.1. The molecule has 5 heteroatoms. The normalized spacial score (nSPS) is 16.3. The lowest BCUT2D eigenvalue weighted by Gasteiger charge is -2.32. The largest absolute Gasteiger partial charge is 0.394 e. The second-order valence-corrected chi connectivity index (χ2v) is 4.71. The Balaban J connectivity index is 2.76. The molecule has 0 unspecified atom stereocenters. The van der Waals surface area contributed by atoms with E-state index in [2.05, 4.69) is 0 Å². The van der Waals surface area contributed by atoms with Crippen LogP contribution in [-0.2, 0) is 0 Å². The maximum Gasteiger partial charge on any atom is 0.0897 e. The van der Waals surface area contributed by atoms with Crippen LogP contribution >= 0.6 is 0 Å². The van der Waals surface area contributed by atoms with Gasteiger partial charge in [-0.25, -0.2) is 0 Å². The standard InChI is InChI=1S/C14H23NO4/c1-11(12-5-3-2-4-6-12)15(7-13(18)9-16)8-14(19)10-17/h2-6,11,13-14,16-19H,7-10H2,1H3/t11-,13-,14+/m1/s1. The predicted molar refractivity (Wildman–Crippen MR) is 72.6 cm³/mol. The minimum Gasteiger partial charge on any atom is -0.394 e. The Kier molecular flexibility index (Phi) is 6.97. The molecule has 0 aliphatic carbocycles. The second-order valence-electron chi connectivity index (χ2n) is 4.71. The third-order valence-electron chi connectivity index (χ3n) is 3.14. The van der Waals surface area contributed by atoms with E-state index in [4.69, 9.17) is 10.2 Å². The maximum absolute atomic E-state index is 9.57. The fraction of sp³-hybridized carbons (Fsp3) is 0.571. The monoisotopic (exact) mass is 269 g/mol.